The van der Waals surface area contributed by atoms with Gasteiger partial charge >= 0.3 is 5.69 Å². The molecule has 0 radical (unpaired) electrons. The van der Waals surface area contributed by atoms with E-state index in [-0.39, 0.29) is 26.9 Å². The molecule has 0 spiro atoms. The van der Waals surface area contributed by atoms with Crippen molar-refractivity contribution in [2.45, 2.75) is 25.3 Å². The van der Waals surface area contributed by atoms with Gasteiger partial charge in [0.05, 0.1) is 21.1 Å². The van der Waals surface area contributed by atoms with Crippen molar-refractivity contribution in [1.29, 1.82) is 5.41 Å². The van der Waals surface area contributed by atoms with E-state index in [1.165, 1.54) is 17.3 Å². The van der Waals surface area contributed by atoms with Gasteiger partial charge in [-0.15, -0.1) is 0 Å². The topological polar surface area (TPSA) is 103 Å². The maximum absolute atomic E-state index is 12.9. The average Bonchev–Trinajstić information content (AvgIpc) is 2.80. The van der Waals surface area contributed by atoms with Gasteiger partial charge in [0.25, 0.3) is 0 Å². The maximum Gasteiger partial charge on any atom is 0.333 e. The third-order valence-corrected chi connectivity index (χ3v) is 6.86. The van der Waals surface area contributed by atoms with Crippen LogP contribution < -0.4 is 16.5 Å². The number of hydrogen-bond acceptors (Lipinski definition) is 6. The first-order valence-corrected chi connectivity index (χ1v) is 11.6. The fraction of sp³-hybridized carbons (Fsp3) is 0.250. The van der Waals surface area contributed by atoms with Gasteiger partial charge in [-0.25, -0.2) is 14.3 Å². The number of benzene rings is 2. The van der Waals surface area contributed by atoms with Crippen LogP contribution in [0.3, 0.4) is 0 Å². The number of likely N-dealkylation sites (N-methyl/N-ethyl adjacent to an activating group) is 1. The smallest absolute Gasteiger partial charge is 0.324 e. The zero-order chi connectivity index (χ0) is 24.0. The van der Waals surface area contributed by atoms with Gasteiger partial charge in [0.1, 0.15) is 5.49 Å². The highest BCUT2D eigenvalue weighted by Crippen LogP contribution is 2.28. The second-order valence-electron chi connectivity index (χ2n) is 8.61. The molecular formula is C24H23Cl2N7O. The number of para-hydroxylation sites is 1. The summed E-state index contributed by atoms with van der Waals surface area (Å²) in [5.41, 5.74) is 3.37. The van der Waals surface area contributed by atoms with E-state index in [0.717, 1.165) is 29.5 Å². The fourth-order valence-corrected chi connectivity index (χ4v) is 4.96. The fourth-order valence-electron chi connectivity index (χ4n) is 4.39. The van der Waals surface area contributed by atoms with E-state index in [2.05, 4.69) is 51.4 Å². The van der Waals surface area contributed by atoms with Gasteiger partial charge in [-0.3, -0.25) is 10.4 Å². The molecule has 0 bridgehead atoms. The third-order valence-electron chi connectivity index (χ3n) is 6.25. The first-order chi connectivity index (χ1) is 16.3. The van der Waals surface area contributed by atoms with Crippen LogP contribution in [0.5, 0.6) is 0 Å². The van der Waals surface area contributed by atoms with E-state index >= 15 is 0 Å². The SMILES string of the molecule is CN(C)C1CCc2ccc(Nc3ncc4c(=N)n(-c5c(Cl)cccc5Cl)c(=O)[nH]c4n3)cc2C1. The average molecular weight is 496 g/mol. The lowest BCUT2D eigenvalue weighted by Gasteiger charge is -2.30. The summed E-state index contributed by atoms with van der Waals surface area (Å²) in [6, 6.07) is 11.7. The predicted octanol–water partition coefficient (Wildman–Crippen LogP) is 4.06. The summed E-state index contributed by atoms with van der Waals surface area (Å²) in [6.07, 6.45) is 4.72. The lowest BCUT2D eigenvalue weighted by atomic mass is 9.87. The van der Waals surface area contributed by atoms with E-state index in [0.29, 0.717) is 17.4 Å². The Morgan fingerprint density at radius 1 is 1.18 bits per heavy atom. The molecule has 8 nitrogen and oxygen atoms in total. The maximum atomic E-state index is 12.9. The van der Waals surface area contributed by atoms with Gasteiger partial charge in [0, 0.05) is 17.9 Å². The molecule has 174 valence electrons. The molecule has 0 amide bonds. The molecule has 0 saturated carbocycles. The molecule has 0 saturated heterocycles. The predicted molar refractivity (Wildman–Crippen MR) is 135 cm³/mol. The van der Waals surface area contributed by atoms with Crippen LogP contribution in [0.1, 0.15) is 17.5 Å². The Morgan fingerprint density at radius 3 is 2.68 bits per heavy atom. The van der Waals surface area contributed by atoms with Crippen LogP contribution in [-0.2, 0) is 12.8 Å². The van der Waals surface area contributed by atoms with Gasteiger partial charge in [-0.2, -0.15) is 4.98 Å². The zero-order valence-corrected chi connectivity index (χ0v) is 20.2. The molecule has 1 aliphatic carbocycles. The summed E-state index contributed by atoms with van der Waals surface area (Å²) >= 11 is 12.5. The standard InChI is InChI=1S/C24H23Cl2N7O/c1-32(2)16-9-7-13-6-8-15(10-14(13)11-16)29-23-28-12-17-21(27)33(24(34)31-22(17)30-23)20-18(25)4-3-5-19(20)26/h3-6,8,10,12,16,27H,7,9,11H2,1-2H3,(H2,28,29,30,31,34). The lowest BCUT2D eigenvalue weighted by molar-refractivity contribution is 0.268. The van der Waals surface area contributed by atoms with Gasteiger partial charge in [-0.1, -0.05) is 35.3 Å². The molecule has 0 aliphatic heterocycles. The summed E-state index contributed by atoms with van der Waals surface area (Å²) in [6.45, 7) is 0. The van der Waals surface area contributed by atoms with Crippen molar-refractivity contribution in [3.05, 3.63) is 79.7 Å². The minimum absolute atomic E-state index is 0.108. The molecule has 2 aromatic heterocycles. The van der Waals surface area contributed by atoms with Crippen LogP contribution in [0.2, 0.25) is 10.0 Å². The molecule has 2 heterocycles. The summed E-state index contributed by atoms with van der Waals surface area (Å²) in [5, 5.41) is 12.7. The van der Waals surface area contributed by atoms with Crippen molar-refractivity contribution in [2.75, 3.05) is 19.4 Å². The highest BCUT2D eigenvalue weighted by Gasteiger charge is 2.20. The van der Waals surface area contributed by atoms with Crippen LogP contribution in [0.25, 0.3) is 16.7 Å². The molecule has 1 unspecified atom stereocenters. The minimum Gasteiger partial charge on any atom is -0.324 e. The molecule has 10 heteroatoms. The summed E-state index contributed by atoms with van der Waals surface area (Å²) in [5.74, 6) is 0.330. The number of nitrogens with zero attached hydrogens (tertiary/aromatic N) is 4. The molecule has 5 rings (SSSR count). The van der Waals surface area contributed by atoms with Crippen LogP contribution >= 0.6 is 23.2 Å². The Labute approximate surface area is 205 Å². The number of rotatable bonds is 4. The van der Waals surface area contributed by atoms with Crippen molar-refractivity contribution in [3.8, 4) is 5.69 Å². The Morgan fingerprint density at radius 2 is 1.94 bits per heavy atom. The van der Waals surface area contributed by atoms with E-state index < -0.39 is 5.69 Å². The van der Waals surface area contributed by atoms with Crippen molar-refractivity contribution in [1.82, 2.24) is 24.4 Å². The molecule has 0 fully saturated rings. The molecule has 34 heavy (non-hydrogen) atoms. The van der Waals surface area contributed by atoms with Crippen molar-refractivity contribution < 1.29 is 0 Å². The summed E-state index contributed by atoms with van der Waals surface area (Å²) in [7, 11) is 4.23. The Kier molecular flexibility index (Phi) is 5.89. The summed E-state index contributed by atoms with van der Waals surface area (Å²) < 4.78 is 1.12. The number of nitrogens with one attached hydrogen (secondary N) is 3. The number of anilines is 2. The van der Waals surface area contributed by atoms with Crippen LogP contribution in [-0.4, -0.2) is 44.6 Å². The third kappa shape index (κ3) is 4.09. The highest BCUT2D eigenvalue weighted by atomic mass is 35.5. The van der Waals surface area contributed by atoms with Gasteiger partial charge in [0.2, 0.25) is 5.95 Å². The van der Waals surface area contributed by atoms with Crippen LogP contribution in [0.15, 0.2) is 47.4 Å². The minimum atomic E-state index is -0.569. The molecule has 1 atom stereocenters. The molecule has 2 aromatic carbocycles. The molecule has 3 N–H and O–H groups in total. The number of halogens is 2. The monoisotopic (exact) mass is 495 g/mol. The van der Waals surface area contributed by atoms with E-state index in [1.807, 2.05) is 6.07 Å². The number of hydrogen-bond donors (Lipinski definition) is 3. The quantitative estimate of drug-likeness (QED) is 0.396. The summed E-state index contributed by atoms with van der Waals surface area (Å²) in [4.78, 5) is 26.7. The molecule has 1 aliphatic rings. The number of aryl methyl sites for hydroxylation is 1. The van der Waals surface area contributed by atoms with Crippen LogP contribution in [0, 0.1) is 5.41 Å². The first-order valence-electron chi connectivity index (χ1n) is 10.9. The zero-order valence-electron chi connectivity index (χ0n) is 18.7. The van der Waals surface area contributed by atoms with E-state index in [9.17, 15) is 4.79 Å². The van der Waals surface area contributed by atoms with Gasteiger partial charge in [-0.05, 0) is 68.8 Å². The van der Waals surface area contributed by atoms with Gasteiger partial charge in [0.15, 0.2) is 5.65 Å². The highest BCUT2D eigenvalue weighted by molar-refractivity contribution is 6.37. The van der Waals surface area contributed by atoms with Crippen molar-refractivity contribution in [3.63, 3.8) is 0 Å². The van der Waals surface area contributed by atoms with Crippen molar-refractivity contribution >= 4 is 45.9 Å². The largest absolute Gasteiger partial charge is 0.333 e. The van der Waals surface area contributed by atoms with E-state index in [4.69, 9.17) is 28.6 Å². The Bertz CT molecular complexity index is 1510. The number of fused-ring (bicyclic) bond motifs is 2. The lowest BCUT2D eigenvalue weighted by Crippen LogP contribution is -2.34. The second kappa shape index (κ2) is 8.87. The number of H-pyrrole nitrogens is 1. The second-order valence-corrected chi connectivity index (χ2v) is 9.42. The normalized spacial score (nSPS) is 15.5. The number of aromatic amines is 1. The van der Waals surface area contributed by atoms with E-state index in [1.54, 1.807) is 18.2 Å². The molecule has 4 aromatic rings. The number of aromatic nitrogens is 4. The van der Waals surface area contributed by atoms with Gasteiger partial charge < -0.3 is 10.2 Å². The molecular weight excluding hydrogens is 473 g/mol. The first kappa shape index (κ1) is 22.6. The Balaban J connectivity index is 1.50. The van der Waals surface area contributed by atoms with Crippen molar-refractivity contribution in [2.24, 2.45) is 0 Å². The van der Waals surface area contributed by atoms with Crippen LogP contribution in [0.4, 0.5) is 11.6 Å². The Hall–Kier alpha value is -3.20.